The van der Waals surface area contributed by atoms with Gasteiger partial charge in [0.15, 0.2) is 5.78 Å². The van der Waals surface area contributed by atoms with Gasteiger partial charge in [0.2, 0.25) is 0 Å². The first kappa shape index (κ1) is 56.3. The van der Waals surface area contributed by atoms with Crippen molar-refractivity contribution in [1.29, 1.82) is 0 Å². The number of H-pyrrole nitrogens is 1. The van der Waals surface area contributed by atoms with E-state index < -0.39 is 11.2 Å². The molecule has 8 fully saturated rings. The second-order valence-corrected chi connectivity index (χ2v) is 25.0. The Bertz CT molecular complexity index is 2000. The average molecular weight is 1030 g/mol. The van der Waals surface area contributed by atoms with Gasteiger partial charge in [0.05, 0.1) is 61.9 Å². The molecule has 0 unspecified atom stereocenters. The number of aromatic amines is 1. The van der Waals surface area contributed by atoms with E-state index in [1.165, 1.54) is 57.8 Å². The molecule has 0 saturated heterocycles. The summed E-state index contributed by atoms with van der Waals surface area (Å²) >= 11 is 3.43. The second-order valence-electron chi connectivity index (χ2n) is 24.4. The minimum Gasteiger partial charge on any atom is -0.392 e. The van der Waals surface area contributed by atoms with Crippen molar-refractivity contribution >= 4 is 27.5 Å². The summed E-state index contributed by atoms with van der Waals surface area (Å²) in [5.41, 5.74) is 1.30. The molecular weight excluding hydrogens is 937 g/mol. The summed E-state index contributed by atoms with van der Waals surface area (Å²) < 4.78 is 12.4. The Morgan fingerprint density at radius 2 is 1.13 bits per heavy atom. The Balaban J connectivity index is 0.000000196. The molecule has 8 saturated carbocycles. The molecular formula is C56H93BrN4O8. The maximum Gasteiger partial charge on any atom is 0.157 e. The van der Waals surface area contributed by atoms with Gasteiger partial charge < -0.3 is 29.9 Å². The lowest BCUT2D eigenvalue weighted by Gasteiger charge is -2.62. The van der Waals surface area contributed by atoms with Crippen LogP contribution in [-0.2, 0) is 38.8 Å². The van der Waals surface area contributed by atoms with Crippen molar-refractivity contribution < 1.29 is 39.5 Å². The molecule has 2 aromatic heterocycles. The van der Waals surface area contributed by atoms with Crippen LogP contribution in [-0.4, -0.2) is 95.9 Å². The number of halogens is 1. The zero-order valence-corrected chi connectivity index (χ0v) is 43.3. The third kappa shape index (κ3) is 10.6. The van der Waals surface area contributed by atoms with Crippen LogP contribution in [0.5, 0.6) is 0 Å². The first-order chi connectivity index (χ1) is 31.9. The van der Waals surface area contributed by atoms with Crippen molar-refractivity contribution in [3.8, 4) is 0 Å². The van der Waals surface area contributed by atoms with E-state index in [0.717, 1.165) is 86.7 Å². The lowest BCUT2D eigenvalue weighted by Crippen LogP contribution is -2.56. The molecule has 392 valence electrons. The molecule has 12 nitrogen and oxygen atoms in total. The summed E-state index contributed by atoms with van der Waals surface area (Å²) in [6.45, 7) is 11.1. The molecule has 0 aromatic carbocycles. The quantitative estimate of drug-likeness (QED) is 0.136. The number of Topliss-reactive ketones (excluding diaryl/α,β-unsaturated/α-hetero) is 2. The molecule has 2 aromatic rings. The van der Waals surface area contributed by atoms with Crippen molar-refractivity contribution in [2.45, 2.75) is 189 Å². The fraction of sp³-hybridized carbons (Fsp3) is 0.857. The van der Waals surface area contributed by atoms with Crippen molar-refractivity contribution in [2.75, 3.05) is 32.8 Å². The van der Waals surface area contributed by atoms with E-state index in [1.54, 1.807) is 43.7 Å². The third-order valence-corrected chi connectivity index (χ3v) is 21.9. The van der Waals surface area contributed by atoms with Gasteiger partial charge >= 0.3 is 0 Å². The topological polar surface area (TPSA) is 180 Å². The number of alkyl halides is 1. The number of nitrogens with zero attached hydrogens (tertiary/aromatic N) is 3. The molecule has 10 rings (SSSR count). The van der Waals surface area contributed by atoms with E-state index in [0.29, 0.717) is 77.1 Å². The maximum atomic E-state index is 13.4. The lowest BCUT2D eigenvalue weighted by molar-refractivity contribution is -0.164. The summed E-state index contributed by atoms with van der Waals surface area (Å²) in [5, 5.41) is 50.7. The number of rotatable bonds is 11. The number of nitrogens with one attached hydrogen (secondary N) is 1. The molecule has 0 radical (unpaired) electrons. The SMILES string of the molecule is C.C.COC[C@@]1(O)CC[C@@]2(C)[C@@H](CC[C@@H]3[C@@H]2CC[C@]2(C)[C@@H](C(=O)CBr)CC[C@@H]32)C1.COC[C@@]1(O)CC[C@@]2(C)[C@@H](CC[C@@H]3[C@@H]2CC[C@]2(C)[C@@H](C(=O)Cn4cc(CO)cn4)CC[C@@H]32)C1.OCc1cn[nH]c1. The number of hydrogen-bond acceptors (Lipinski definition) is 10. The van der Waals surface area contributed by atoms with Gasteiger partial charge in [0.1, 0.15) is 5.78 Å². The Hall–Kier alpha value is -2.00. The predicted molar refractivity (Wildman–Crippen MR) is 274 cm³/mol. The molecule has 0 amide bonds. The van der Waals surface area contributed by atoms with E-state index in [9.17, 15) is 24.9 Å². The number of aliphatic hydroxyl groups excluding tert-OH is 2. The zero-order chi connectivity index (χ0) is 48.0. The third-order valence-electron chi connectivity index (χ3n) is 21.3. The van der Waals surface area contributed by atoms with E-state index in [-0.39, 0.29) is 50.7 Å². The van der Waals surface area contributed by atoms with E-state index in [2.05, 4.69) is 58.9 Å². The maximum absolute atomic E-state index is 13.4. The molecule has 13 heteroatoms. The van der Waals surface area contributed by atoms with E-state index >= 15 is 0 Å². The number of carbonyl (C=O) groups excluding carboxylic acids is 2. The fourth-order valence-electron chi connectivity index (χ4n) is 17.8. The molecule has 0 bridgehead atoms. The van der Waals surface area contributed by atoms with Crippen LogP contribution in [0, 0.1) is 80.8 Å². The highest BCUT2D eigenvalue weighted by atomic mass is 79.9. The van der Waals surface area contributed by atoms with Crippen LogP contribution in [0.4, 0.5) is 0 Å². The van der Waals surface area contributed by atoms with E-state index in [1.807, 2.05) is 0 Å². The van der Waals surface area contributed by atoms with Gasteiger partial charge in [-0.1, -0.05) is 58.5 Å². The minimum absolute atomic E-state index is 0. The lowest BCUT2D eigenvalue weighted by atomic mass is 9.44. The van der Waals surface area contributed by atoms with Gasteiger partial charge in [-0.05, 0) is 185 Å². The second kappa shape index (κ2) is 22.2. The predicted octanol–water partition coefficient (Wildman–Crippen LogP) is 10.1. The first-order valence-corrected chi connectivity index (χ1v) is 27.3. The van der Waals surface area contributed by atoms with Gasteiger partial charge in [0, 0.05) is 49.6 Å². The number of aliphatic hydroxyl groups is 4. The van der Waals surface area contributed by atoms with Crippen LogP contribution in [0.2, 0.25) is 0 Å². The number of aromatic nitrogens is 4. The number of methoxy groups -OCH3 is 2. The number of ketones is 2. The van der Waals surface area contributed by atoms with Gasteiger partial charge in [-0.25, -0.2) is 0 Å². The van der Waals surface area contributed by atoms with Crippen LogP contribution in [0.25, 0.3) is 0 Å². The number of fused-ring (bicyclic) bond motifs is 10. The Kier molecular flexibility index (Phi) is 18.1. The van der Waals surface area contributed by atoms with Gasteiger partial charge in [0.25, 0.3) is 0 Å². The molecule has 8 aliphatic carbocycles. The Morgan fingerprint density at radius 3 is 1.54 bits per heavy atom. The van der Waals surface area contributed by atoms with Gasteiger partial charge in [-0.3, -0.25) is 19.4 Å². The number of carbonyl (C=O) groups is 2. The van der Waals surface area contributed by atoms with Crippen molar-refractivity contribution in [2.24, 2.45) is 80.8 Å². The van der Waals surface area contributed by atoms with Crippen LogP contribution in [0.3, 0.4) is 0 Å². The molecule has 5 N–H and O–H groups in total. The first-order valence-electron chi connectivity index (χ1n) is 26.2. The molecule has 0 spiro atoms. The van der Waals surface area contributed by atoms with Crippen LogP contribution >= 0.6 is 15.9 Å². The van der Waals surface area contributed by atoms with Crippen molar-refractivity contribution in [1.82, 2.24) is 20.0 Å². The molecule has 69 heavy (non-hydrogen) atoms. The van der Waals surface area contributed by atoms with E-state index in [4.69, 9.17) is 14.6 Å². The fourth-order valence-corrected chi connectivity index (χ4v) is 18.2. The normalized spacial score (nSPS) is 42.7. The van der Waals surface area contributed by atoms with Gasteiger partial charge in [-0.2, -0.15) is 10.2 Å². The highest BCUT2D eigenvalue weighted by Crippen LogP contribution is 2.70. The highest BCUT2D eigenvalue weighted by Gasteiger charge is 2.64. The summed E-state index contributed by atoms with van der Waals surface area (Å²) in [5.74, 6) is 6.68. The Labute approximate surface area is 423 Å². The Morgan fingerprint density at radius 1 is 0.652 bits per heavy atom. The standard InChI is InChI=1S/C27H42N2O4.C23H37BrO3.C4H6N2O.2CH4/c1-25-10-11-27(32,17-33-3)12-19(25)4-5-20-21-6-7-23(26(21,2)9-8-22(20)25)24(31)15-29-14-18(16-30)13-28-29;1-21-10-11-23(26,14-27-3)12-15(21)4-5-16-17-6-7-19(20(25)13-24)22(17,2)9-8-18(16)21;7-3-4-1-5-6-2-4;;/h13-14,19-23,30,32H,4-12,15-17H2,1-3H3;15-19,26H,4-14H2,1-3H3;1-2,7H,3H2,(H,5,6);2*1H4/t19-,20-,21-,22-,23+,25-,26-,27+;15-,16-,17-,18-,19+,21-,22-,23+;;;/m00.../s1. The van der Waals surface area contributed by atoms with Crippen LogP contribution in [0.1, 0.15) is 169 Å². The molecule has 16 atom stereocenters. The van der Waals surface area contributed by atoms with Crippen molar-refractivity contribution in [3.63, 3.8) is 0 Å². The van der Waals surface area contributed by atoms with Gasteiger partial charge in [-0.15, -0.1) is 0 Å². The van der Waals surface area contributed by atoms with Crippen LogP contribution in [0.15, 0.2) is 24.8 Å². The zero-order valence-electron chi connectivity index (χ0n) is 41.7. The average Bonchev–Trinajstić information content (AvgIpc) is 4.13. The minimum atomic E-state index is -0.651. The summed E-state index contributed by atoms with van der Waals surface area (Å²) in [6, 6.07) is 0. The summed E-state index contributed by atoms with van der Waals surface area (Å²) in [6.07, 6.45) is 26.8. The number of hydrogen-bond donors (Lipinski definition) is 5. The van der Waals surface area contributed by atoms with Crippen LogP contribution < -0.4 is 0 Å². The number of ether oxygens (including phenoxy) is 2. The smallest absolute Gasteiger partial charge is 0.157 e. The monoisotopic (exact) mass is 1030 g/mol. The molecule has 2 heterocycles. The molecule has 0 aliphatic heterocycles. The highest BCUT2D eigenvalue weighted by molar-refractivity contribution is 9.09. The van der Waals surface area contributed by atoms with Crippen molar-refractivity contribution in [3.05, 3.63) is 35.9 Å². The summed E-state index contributed by atoms with van der Waals surface area (Å²) in [7, 11) is 3.40. The molecule has 8 aliphatic rings. The largest absolute Gasteiger partial charge is 0.392 e. The summed E-state index contributed by atoms with van der Waals surface area (Å²) in [4.78, 5) is 26.0.